The number of ether oxygens (including phenoxy) is 1. The maximum atomic E-state index is 13.1. The molecule has 0 spiro atoms. The van der Waals surface area contributed by atoms with E-state index in [0.29, 0.717) is 42.7 Å². The van der Waals surface area contributed by atoms with Gasteiger partial charge in [-0.2, -0.15) is 0 Å². The molecule has 8 nitrogen and oxygen atoms in total. The molecule has 1 aromatic heterocycles. The Morgan fingerprint density at radius 3 is 2.62 bits per heavy atom. The Morgan fingerprint density at radius 2 is 1.91 bits per heavy atom. The summed E-state index contributed by atoms with van der Waals surface area (Å²) >= 11 is 0. The fourth-order valence-corrected chi connectivity index (χ4v) is 4.70. The number of likely N-dealkylation sites (tertiary alicyclic amines) is 1. The van der Waals surface area contributed by atoms with E-state index in [-0.39, 0.29) is 29.5 Å². The minimum atomic E-state index is -0.530. The molecule has 34 heavy (non-hydrogen) atoms. The third kappa shape index (κ3) is 5.77. The lowest BCUT2D eigenvalue weighted by Gasteiger charge is -2.35. The number of fused-ring (bicyclic) bond motifs is 1. The van der Waals surface area contributed by atoms with Crippen LogP contribution in [0.1, 0.15) is 64.7 Å². The van der Waals surface area contributed by atoms with Crippen molar-refractivity contribution in [1.29, 1.82) is 0 Å². The number of aromatic nitrogens is 2. The van der Waals surface area contributed by atoms with Crippen LogP contribution >= 0.6 is 0 Å². The molecule has 2 amide bonds. The maximum absolute atomic E-state index is 13.1. The second-order valence-corrected chi connectivity index (χ2v) is 10.7. The third-order valence-corrected chi connectivity index (χ3v) is 6.46. The van der Waals surface area contributed by atoms with Crippen molar-refractivity contribution in [1.82, 2.24) is 19.4 Å². The number of benzene rings is 1. The first-order chi connectivity index (χ1) is 16.1. The summed E-state index contributed by atoms with van der Waals surface area (Å²) in [5, 5.41) is 0.637. The van der Waals surface area contributed by atoms with Gasteiger partial charge in [-0.15, -0.1) is 0 Å². The monoisotopic (exact) mass is 468 g/mol. The average molecular weight is 469 g/mol. The van der Waals surface area contributed by atoms with Gasteiger partial charge < -0.3 is 14.5 Å². The molecule has 2 aromatic rings. The van der Waals surface area contributed by atoms with E-state index >= 15 is 0 Å². The Hall–Kier alpha value is -2.90. The lowest BCUT2D eigenvalue weighted by atomic mass is 9.97. The van der Waals surface area contributed by atoms with Crippen LogP contribution in [0, 0.1) is 5.92 Å². The van der Waals surface area contributed by atoms with E-state index in [1.165, 1.54) is 0 Å². The van der Waals surface area contributed by atoms with Crippen molar-refractivity contribution in [3.05, 3.63) is 40.4 Å². The number of carbonyl (C=O) groups is 2. The number of amides is 2. The van der Waals surface area contributed by atoms with Gasteiger partial charge in [0.15, 0.2) is 0 Å². The number of piperidine rings is 1. The molecule has 2 heterocycles. The van der Waals surface area contributed by atoms with Crippen LogP contribution in [-0.2, 0) is 16.0 Å². The van der Waals surface area contributed by atoms with E-state index in [0.717, 1.165) is 32.2 Å². The first-order valence-electron chi connectivity index (χ1n) is 12.3. The molecule has 1 atom stereocenters. The van der Waals surface area contributed by atoms with Crippen LogP contribution in [-0.4, -0.2) is 63.6 Å². The minimum absolute atomic E-state index is 0.00114. The molecule has 1 aromatic carbocycles. The lowest BCUT2D eigenvalue weighted by Crippen LogP contribution is -2.45. The number of hydrogen-bond donors (Lipinski definition) is 0. The zero-order valence-corrected chi connectivity index (χ0v) is 20.7. The predicted octanol–water partition coefficient (Wildman–Crippen LogP) is 3.77. The molecule has 1 aliphatic heterocycles. The highest BCUT2D eigenvalue weighted by Crippen LogP contribution is 2.35. The summed E-state index contributed by atoms with van der Waals surface area (Å²) in [5.74, 6) is 1.01. The first-order valence-corrected chi connectivity index (χ1v) is 12.3. The SMILES string of the molecule is CN(CC1CCCN(C(=O)CCc2nc3ccccc3c(=O)n2C2CC2)C1)C(=O)OC(C)(C)C. The van der Waals surface area contributed by atoms with Crippen molar-refractivity contribution in [2.75, 3.05) is 26.7 Å². The second-order valence-electron chi connectivity index (χ2n) is 10.7. The minimum Gasteiger partial charge on any atom is -0.444 e. The van der Waals surface area contributed by atoms with Gasteiger partial charge in [0.25, 0.3) is 5.56 Å². The molecule has 4 rings (SSSR count). The highest BCUT2D eigenvalue weighted by Gasteiger charge is 2.30. The van der Waals surface area contributed by atoms with Gasteiger partial charge in [-0.05, 0) is 64.5 Å². The molecule has 2 aliphatic rings. The standard InChI is InChI=1S/C26H36N4O4/c1-26(2,3)34-25(33)28(4)16-18-8-7-15-29(17-18)23(31)14-13-22-27-21-10-6-5-9-20(21)24(32)30(22)19-11-12-19/h5-6,9-10,18-19H,7-8,11-17H2,1-4H3. The van der Waals surface area contributed by atoms with Crippen molar-refractivity contribution in [2.45, 2.75) is 70.9 Å². The Kier molecular flexibility index (Phi) is 6.96. The number of hydrogen-bond acceptors (Lipinski definition) is 5. The fourth-order valence-electron chi connectivity index (χ4n) is 4.70. The third-order valence-electron chi connectivity index (χ3n) is 6.46. The van der Waals surface area contributed by atoms with Gasteiger partial charge >= 0.3 is 6.09 Å². The normalized spacial score (nSPS) is 18.7. The Bertz CT molecular complexity index is 1120. The lowest BCUT2D eigenvalue weighted by molar-refractivity contribution is -0.133. The van der Waals surface area contributed by atoms with E-state index in [9.17, 15) is 14.4 Å². The molecule has 1 aliphatic carbocycles. The average Bonchev–Trinajstić information content (AvgIpc) is 3.61. The number of aryl methyl sites for hydroxylation is 1. The topological polar surface area (TPSA) is 84.7 Å². The van der Waals surface area contributed by atoms with E-state index in [4.69, 9.17) is 9.72 Å². The zero-order chi connectivity index (χ0) is 24.5. The molecular formula is C26H36N4O4. The molecular weight excluding hydrogens is 432 g/mol. The number of rotatable bonds is 6. The van der Waals surface area contributed by atoms with E-state index in [1.54, 1.807) is 11.9 Å². The Labute approximate surface area is 200 Å². The smallest absolute Gasteiger partial charge is 0.410 e. The van der Waals surface area contributed by atoms with Crippen LogP contribution in [0.4, 0.5) is 4.79 Å². The van der Waals surface area contributed by atoms with Gasteiger partial charge in [0, 0.05) is 45.6 Å². The van der Waals surface area contributed by atoms with Crippen LogP contribution in [0.2, 0.25) is 0 Å². The van der Waals surface area contributed by atoms with Gasteiger partial charge in [-0.25, -0.2) is 9.78 Å². The quantitative estimate of drug-likeness (QED) is 0.644. The Morgan fingerprint density at radius 1 is 1.18 bits per heavy atom. The van der Waals surface area contributed by atoms with Crippen LogP contribution in [0.25, 0.3) is 10.9 Å². The summed E-state index contributed by atoms with van der Waals surface area (Å²) in [7, 11) is 1.75. The van der Waals surface area contributed by atoms with E-state index in [1.807, 2.05) is 54.5 Å². The molecule has 0 radical (unpaired) electrons. The van der Waals surface area contributed by atoms with Crippen LogP contribution in [0.15, 0.2) is 29.1 Å². The second kappa shape index (κ2) is 9.76. The highest BCUT2D eigenvalue weighted by molar-refractivity contribution is 5.78. The largest absolute Gasteiger partial charge is 0.444 e. The molecule has 0 bridgehead atoms. The number of para-hydroxylation sites is 1. The molecule has 0 N–H and O–H groups in total. The van der Waals surface area contributed by atoms with Crippen LogP contribution < -0.4 is 5.56 Å². The first kappa shape index (κ1) is 24.2. The van der Waals surface area contributed by atoms with Crippen molar-refractivity contribution in [3.8, 4) is 0 Å². The van der Waals surface area contributed by atoms with Gasteiger partial charge in [-0.3, -0.25) is 14.2 Å². The number of nitrogens with zero attached hydrogens (tertiary/aromatic N) is 4. The molecule has 1 unspecified atom stereocenters. The van der Waals surface area contributed by atoms with Crippen LogP contribution in [0.5, 0.6) is 0 Å². The fraction of sp³-hybridized carbons (Fsp3) is 0.615. The summed E-state index contributed by atoms with van der Waals surface area (Å²) < 4.78 is 7.26. The maximum Gasteiger partial charge on any atom is 0.410 e. The summed E-state index contributed by atoms with van der Waals surface area (Å²) in [5.41, 5.74) is 0.159. The van der Waals surface area contributed by atoms with Crippen molar-refractivity contribution >= 4 is 22.9 Å². The zero-order valence-electron chi connectivity index (χ0n) is 20.7. The van der Waals surface area contributed by atoms with Gasteiger partial charge in [-0.1, -0.05) is 12.1 Å². The van der Waals surface area contributed by atoms with Crippen LogP contribution in [0.3, 0.4) is 0 Å². The highest BCUT2D eigenvalue weighted by atomic mass is 16.6. The van der Waals surface area contributed by atoms with Crippen molar-refractivity contribution in [2.24, 2.45) is 5.92 Å². The molecule has 1 saturated heterocycles. The molecule has 2 fully saturated rings. The predicted molar refractivity (Wildman–Crippen MR) is 131 cm³/mol. The van der Waals surface area contributed by atoms with Gasteiger partial charge in [0.1, 0.15) is 11.4 Å². The molecule has 8 heteroatoms. The van der Waals surface area contributed by atoms with Crippen molar-refractivity contribution in [3.63, 3.8) is 0 Å². The molecule has 184 valence electrons. The number of carbonyl (C=O) groups excluding carboxylic acids is 2. The summed E-state index contributed by atoms with van der Waals surface area (Å²) in [4.78, 5) is 46.7. The van der Waals surface area contributed by atoms with E-state index < -0.39 is 5.60 Å². The summed E-state index contributed by atoms with van der Waals surface area (Å²) in [6.45, 7) is 7.48. The van der Waals surface area contributed by atoms with Crippen molar-refractivity contribution < 1.29 is 14.3 Å². The molecule has 1 saturated carbocycles. The Balaban J connectivity index is 1.38. The summed E-state index contributed by atoms with van der Waals surface area (Å²) in [6.07, 6.45) is 4.31. The van der Waals surface area contributed by atoms with Gasteiger partial charge in [0.05, 0.1) is 10.9 Å². The van der Waals surface area contributed by atoms with Gasteiger partial charge in [0.2, 0.25) is 5.91 Å². The van der Waals surface area contributed by atoms with E-state index in [2.05, 4.69) is 0 Å². The summed E-state index contributed by atoms with van der Waals surface area (Å²) in [6, 6.07) is 7.63.